The van der Waals surface area contributed by atoms with Gasteiger partial charge in [-0.1, -0.05) is 55.0 Å². The molecule has 1 fully saturated rings. The first-order valence-corrected chi connectivity index (χ1v) is 8.57. The number of hydrogen-bond acceptors (Lipinski definition) is 2. The van der Waals surface area contributed by atoms with Gasteiger partial charge >= 0.3 is 0 Å². The zero-order valence-electron chi connectivity index (χ0n) is 12.2. The van der Waals surface area contributed by atoms with Crippen LogP contribution in [0.25, 0.3) is 0 Å². The van der Waals surface area contributed by atoms with Crippen LogP contribution in [0, 0.1) is 12.8 Å². The standard InChI is InChI=1S/C17H19NO2S/c1-13-8-10-16(11-9-13)21(19,20)18-12-14(2)17(18)15-6-4-3-5-7-15/h3-11,14,17H,12H2,1-2H3/t14-,17-/m0/s1. The summed E-state index contributed by atoms with van der Waals surface area (Å²) in [5.41, 5.74) is 2.12. The highest BCUT2D eigenvalue weighted by Gasteiger charge is 2.44. The van der Waals surface area contributed by atoms with Gasteiger partial charge in [0.15, 0.2) is 0 Å². The van der Waals surface area contributed by atoms with E-state index in [0.29, 0.717) is 17.4 Å². The Morgan fingerprint density at radius 2 is 1.62 bits per heavy atom. The van der Waals surface area contributed by atoms with E-state index in [9.17, 15) is 8.42 Å². The first kappa shape index (κ1) is 14.3. The predicted octanol–water partition coefficient (Wildman–Crippen LogP) is 3.38. The molecular formula is C17H19NO2S. The molecular weight excluding hydrogens is 282 g/mol. The van der Waals surface area contributed by atoms with E-state index >= 15 is 0 Å². The molecule has 1 aliphatic heterocycles. The Kier molecular flexibility index (Phi) is 3.59. The monoisotopic (exact) mass is 301 g/mol. The minimum atomic E-state index is -3.42. The van der Waals surface area contributed by atoms with Gasteiger partial charge in [-0.25, -0.2) is 8.42 Å². The molecule has 3 rings (SSSR count). The van der Waals surface area contributed by atoms with Crippen molar-refractivity contribution in [2.45, 2.75) is 24.8 Å². The average Bonchev–Trinajstić information content (AvgIpc) is 2.46. The van der Waals surface area contributed by atoms with Crippen molar-refractivity contribution in [2.75, 3.05) is 6.54 Å². The maximum Gasteiger partial charge on any atom is 0.243 e. The van der Waals surface area contributed by atoms with Crippen LogP contribution < -0.4 is 0 Å². The summed E-state index contributed by atoms with van der Waals surface area (Å²) in [5, 5.41) is 0. The Balaban J connectivity index is 1.94. The van der Waals surface area contributed by atoms with Crippen LogP contribution in [0.4, 0.5) is 0 Å². The summed E-state index contributed by atoms with van der Waals surface area (Å²) in [7, 11) is -3.42. The van der Waals surface area contributed by atoms with Gasteiger partial charge in [0.2, 0.25) is 10.0 Å². The maximum atomic E-state index is 12.8. The maximum absolute atomic E-state index is 12.8. The molecule has 110 valence electrons. The summed E-state index contributed by atoms with van der Waals surface area (Å²) in [5.74, 6) is 0.340. The van der Waals surface area contributed by atoms with Crippen molar-refractivity contribution < 1.29 is 8.42 Å². The number of benzene rings is 2. The molecule has 0 unspecified atom stereocenters. The summed E-state index contributed by atoms with van der Waals surface area (Å²) in [4.78, 5) is 0.376. The fourth-order valence-corrected chi connectivity index (χ4v) is 4.69. The third-order valence-electron chi connectivity index (χ3n) is 4.09. The molecule has 2 aromatic carbocycles. The zero-order chi connectivity index (χ0) is 15.0. The Labute approximate surface area is 126 Å². The Morgan fingerprint density at radius 3 is 2.19 bits per heavy atom. The first-order valence-electron chi connectivity index (χ1n) is 7.13. The number of sulfonamides is 1. The van der Waals surface area contributed by atoms with Crippen molar-refractivity contribution in [3.8, 4) is 0 Å². The van der Waals surface area contributed by atoms with Crippen LogP contribution in [-0.2, 0) is 10.0 Å². The molecule has 0 amide bonds. The second-order valence-corrected chi connectivity index (χ2v) is 7.61. The molecule has 2 aromatic rings. The van der Waals surface area contributed by atoms with Crippen LogP contribution in [0.2, 0.25) is 0 Å². The Morgan fingerprint density at radius 1 is 1.00 bits per heavy atom. The van der Waals surface area contributed by atoms with E-state index in [-0.39, 0.29) is 6.04 Å². The van der Waals surface area contributed by atoms with Crippen LogP contribution in [0.15, 0.2) is 59.5 Å². The molecule has 21 heavy (non-hydrogen) atoms. The van der Waals surface area contributed by atoms with Gasteiger partial charge in [0, 0.05) is 6.54 Å². The molecule has 0 radical (unpaired) electrons. The zero-order valence-corrected chi connectivity index (χ0v) is 13.0. The molecule has 0 saturated carbocycles. The lowest BCUT2D eigenvalue weighted by Gasteiger charge is -2.45. The second kappa shape index (κ2) is 5.28. The van der Waals surface area contributed by atoms with E-state index in [4.69, 9.17) is 0 Å². The molecule has 2 atom stereocenters. The lowest BCUT2D eigenvalue weighted by Crippen LogP contribution is -2.51. The van der Waals surface area contributed by atoms with E-state index in [2.05, 4.69) is 6.92 Å². The van der Waals surface area contributed by atoms with Gasteiger partial charge in [-0.2, -0.15) is 4.31 Å². The first-order chi connectivity index (χ1) is 10.00. The lowest BCUT2D eigenvalue weighted by atomic mass is 9.88. The van der Waals surface area contributed by atoms with E-state index in [1.54, 1.807) is 16.4 Å². The largest absolute Gasteiger partial charge is 0.243 e. The van der Waals surface area contributed by atoms with Crippen molar-refractivity contribution in [3.63, 3.8) is 0 Å². The van der Waals surface area contributed by atoms with E-state index in [1.165, 1.54) is 0 Å². The summed E-state index contributed by atoms with van der Waals surface area (Å²) >= 11 is 0. The molecule has 0 aliphatic carbocycles. The molecule has 0 spiro atoms. The van der Waals surface area contributed by atoms with Gasteiger partial charge in [-0.05, 0) is 30.5 Å². The Bertz CT molecular complexity index is 723. The van der Waals surface area contributed by atoms with Gasteiger partial charge in [0.05, 0.1) is 10.9 Å². The molecule has 0 bridgehead atoms. The molecule has 1 saturated heterocycles. The van der Waals surface area contributed by atoms with Gasteiger partial charge in [-0.15, -0.1) is 0 Å². The van der Waals surface area contributed by atoms with Crippen molar-refractivity contribution in [1.82, 2.24) is 4.31 Å². The van der Waals surface area contributed by atoms with Crippen LogP contribution in [0.5, 0.6) is 0 Å². The summed E-state index contributed by atoms with van der Waals surface area (Å²) < 4.78 is 27.2. The quantitative estimate of drug-likeness (QED) is 0.871. The van der Waals surface area contributed by atoms with Gasteiger partial charge < -0.3 is 0 Å². The summed E-state index contributed by atoms with van der Waals surface area (Å²) in [6.07, 6.45) is 0. The molecule has 4 heteroatoms. The smallest absolute Gasteiger partial charge is 0.207 e. The predicted molar refractivity (Wildman–Crippen MR) is 83.4 cm³/mol. The summed E-state index contributed by atoms with van der Waals surface area (Å²) in [6, 6.07) is 16.9. The van der Waals surface area contributed by atoms with E-state index < -0.39 is 10.0 Å². The fourth-order valence-electron chi connectivity index (χ4n) is 2.88. The third kappa shape index (κ3) is 2.49. The Hall–Kier alpha value is -1.65. The normalized spacial score (nSPS) is 22.8. The molecule has 1 aliphatic rings. The highest BCUT2D eigenvalue weighted by Crippen LogP contribution is 2.42. The molecule has 0 N–H and O–H groups in total. The molecule has 0 aromatic heterocycles. The molecule has 3 nitrogen and oxygen atoms in total. The average molecular weight is 301 g/mol. The fraction of sp³-hybridized carbons (Fsp3) is 0.294. The topological polar surface area (TPSA) is 37.4 Å². The number of aryl methyl sites for hydroxylation is 1. The second-order valence-electron chi connectivity index (χ2n) is 5.72. The lowest BCUT2D eigenvalue weighted by molar-refractivity contribution is 0.116. The van der Waals surface area contributed by atoms with E-state index in [1.807, 2.05) is 49.4 Å². The SMILES string of the molecule is Cc1ccc(S(=O)(=O)N2C[C@H](C)[C@H]2c2ccccc2)cc1. The van der Waals surface area contributed by atoms with Crippen molar-refractivity contribution in [3.05, 3.63) is 65.7 Å². The van der Waals surface area contributed by atoms with Crippen molar-refractivity contribution in [2.24, 2.45) is 5.92 Å². The van der Waals surface area contributed by atoms with Gasteiger partial charge in [-0.3, -0.25) is 0 Å². The van der Waals surface area contributed by atoms with Crippen molar-refractivity contribution >= 4 is 10.0 Å². The number of rotatable bonds is 3. The van der Waals surface area contributed by atoms with Gasteiger partial charge in [0.25, 0.3) is 0 Å². The van der Waals surface area contributed by atoms with Crippen LogP contribution in [0.3, 0.4) is 0 Å². The van der Waals surface area contributed by atoms with Crippen molar-refractivity contribution in [1.29, 1.82) is 0 Å². The minimum Gasteiger partial charge on any atom is -0.207 e. The molecule has 1 heterocycles. The van der Waals surface area contributed by atoms with E-state index in [0.717, 1.165) is 11.1 Å². The highest BCUT2D eigenvalue weighted by molar-refractivity contribution is 7.89. The highest BCUT2D eigenvalue weighted by atomic mass is 32.2. The number of hydrogen-bond donors (Lipinski definition) is 0. The van der Waals surface area contributed by atoms with Gasteiger partial charge in [0.1, 0.15) is 0 Å². The number of nitrogens with zero attached hydrogens (tertiary/aromatic N) is 1. The summed E-state index contributed by atoms with van der Waals surface area (Å²) in [6.45, 7) is 4.63. The van der Waals surface area contributed by atoms with Crippen LogP contribution in [-0.4, -0.2) is 19.3 Å². The van der Waals surface area contributed by atoms with Crippen LogP contribution >= 0.6 is 0 Å². The van der Waals surface area contributed by atoms with Crippen LogP contribution in [0.1, 0.15) is 24.1 Å². The third-order valence-corrected chi connectivity index (χ3v) is 5.95. The minimum absolute atomic E-state index is 0.0579.